The van der Waals surface area contributed by atoms with Gasteiger partial charge in [-0.05, 0) is 51.0 Å². The highest BCUT2D eigenvalue weighted by molar-refractivity contribution is 7.10. The Kier molecular flexibility index (Phi) is 7.17. The molecule has 0 fully saturated rings. The van der Waals surface area contributed by atoms with Crippen LogP contribution in [0.3, 0.4) is 0 Å². The Hall–Kier alpha value is -3.58. The molecule has 1 aliphatic rings. The minimum absolute atomic E-state index is 0.0214. The Balaban J connectivity index is 2.09. The number of benzene rings is 1. The Morgan fingerprint density at radius 3 is 2.29 bits per heavy atom. The molecule has 1 aromatic heterocycles. The predicted molar refractivity (Wildman–Crippen MR) is 123 cm³/mol. The summed E-state index contributed by atoms with van der Waals surface area (Å²) in [5.41, 5.74) is -0.386. The summed E-state index contributed by atoms with van der Waals surface area (Å²) >= 11 is 1.09. The third-order valence-corrected chi connectivity index (χ3v) is 5.37. The molecule has 2 amide bonds. The van der Waals surface area contributed by atoms with Gasteiger partial charge in [-0.3, -0.25) is 14.5 Å². The van der Waals surface area contributed by atoms with Crippen LogP contribution in [0.2, 0.25) is 0 Å². The molecule has 2 aromatic rings. The molecule has 0 spiro atoms. The third-order valence-electron chi connectivity index (χ3n) is 4.60. The van der Waals surface area contributed by atoms with E-state index in [1.807, 2.05) is 0 Å². The van der Waals surface area contributed by atoms with Crippen molar-refractivity contribution < 1.29 is 27.5 Å². The van der Waals surface area contributed by atoms with Crippen LogP contribution in [-0.2, 0) is 4.79 Å². The molecule has 34 heavy (non-hydrogen) atoms. The van der Waals surface area contributed by atoms with E-state index in [0.29, 0.717) is 0 Å². The Morgan fingerprint density at radius 2 is 1.79 bits per heavy atom. The number of carbonyl (C=O) groups is 2. The van der Waals surface area contributed by atoms with Gasteiger partial charge in [0.1, 0.15) is 17.5 Å². The van der Waals surface area contributed by atoms with Gasteiger partial charge in [-0.15, -0.1) is 30.9 Å². The summed E-state index contributed by atoms with van der Waals surface area (Å²) in [7, 11) is 0. The fourth-order valence-corrected chi connectivity index (χ4v) is 3.94. The quantitative estimate of drug-likeness (QED) is 0.598. The van der Waals surface area contributed by atoms with Gasteiger partial charge in [-0.25, -0.2) is 4.98 Å². The first-order valence-corrected chi connectivity index (χ1v) is 11.0. The van der Waals surface area contributed by atoms with Crippen LogP contribution >= 0.6 is 11.3 Å². The van der Waals surface area contributed by atoms with Crippen LogP contribution in [0.25, 0.3) is 0 Å². The number of ether oxygens (including phenoxy) is 1. The van der Waals surface area contributed by atoms with E-state index >= 15 is 0 Å². The molecule has 0 saturated carbocycles. The number of amides is 2. The number of rotatable bonds is 6. The van der Waals surface area contributed by atoms with Gasteiger partial charge in [0.25, 0.3) is 5.91 Å². The molecule has 178 valence electrons. The minimum atomic E-state index is -4.86. The van der Waals surface area contributed by atoms with Crippen LogP contribution in [0.15, 0.2) is 53.9 Å². The zero-order valence-corrected chi connectivity index (χ0v) is 19.4. The fraction of sp³-hybridized carbons (Fsp3) is 0.292. The lowest BCUT2D eigenvalue weighted by atomic mass is 9.96. The standard InChI is InChI=1S/C24H22F3N3O3S/c1-5-19-28-18(14-34-19)22(32)30(16-10-12-17(13-11-16)33-24(25,26)27)20(15-8-6-7-9-15)21(31)29-23(2,3)4/h1,6-15,20H,2-4H3,(H,29,31). The molecule has 1 aliphatic carbocycles. The first-order chi connectivity index (χ1) is 15.9. The first-order valence-electron chi connectivity index (χ1n) is 10.2. The molecule has 0 aliphatic heterocycles. The Labute approximate surface area is 199 Å². The molecular weight excluding hydrogens is 467 g/mol. The maximum absolute atomic E-state index is 13.6. The molecule has 6 nitrogen and oxygen atoms in total. The van der Waals surface area contributed by atoms with Crippen molar-refractivity contribution >= 4 is 28.8 Å². The second-order valence-electron chi connectivity index (χ2n) is 8.43. The van der Waals surface area contributed by atoms with Gasteiger partial charge < -0.3 is 10.1 Å². The molecular formula is C24H22F3N3O3S. The Bertz CT molecular complexity index is 1140. The van der Waals surface area contributed by atoms with Crippen molar-refractivity contribution in [2.75, 3.05) is 4.90 Å². The van der Waals surface area contributed by atoms with Crippen LogP contribution in [0.1, 0.15) is 36.3 Å². The molecule has 1 aromatic carbocycles. The lowest BCUT2D eigenvalue weighted by Gasteiger charge is -2.35. The second kappa shape index (κ2) is 9.73. The van der Waals surface area contributed by atoms with Crippen LogP contribution < -0.4 is 15.0 Å². The summed E-state index contributed by atoms with van der Waals surface area (Å²) in [6, 6.07) is 3.68. The van der Waals surface area contributed by atoms with Gasteiger partial charge in [-0.2, -0.15) is 0 Å². The van der Waals surface area contributed by atoms with Gasteiger partial charge in [0.2, 0.25) is 5.91 Å². The number of aromatic nitrogens is 1. The monoisotopic (exact) mass is 489 g/mol. The minimum Gasteiger partial charge on any atom is -0.406 e. The summed E-state index contributed by atoms with van der Waals surface area (Å²) < 4.78 is 41.7. The highest BCUT2D eigenvalue weighted by Crippen LogP contribution is 2.31. The molecule has 1 unspecified atom stereocenters. The fourth-order valence-electron chi connectivity index (χ4n) is 3.34. The predicted octanol–water partition coefficient (Wildman–Crippen LogP) is 4.70. The smallest absolute Gasteiger partial charge is 0.406 e. The zero-order chi connectivity index (χ0) is 25.1. The molecule has 0 bridgehead atoms. The number of carbonyl (C=O) groups excluding carboxylic acids is 2. The highest BCUT2D eigenvalue weighted by Gasteiger charge is 2.39. The van der Waals surface area contributed by atoms with Crippen LogP contribution in [-0.4, -0.2) is 34.7 Å². The topological polar surface area (TPSA) is 71.5 Å². The lowest BCUT2D eigenvalue weighted by Crippen LogP contribution is -2.56. The molecule has 1 N–H and O–H groups in total. The van der Waals surface area contributed by atoms with Crippen molar-refractivity contribution in [2.24, 2.45) is 5.92 Å². The maximum atomic E-state index is 13.6. The number of nitrogens with one attached hydrogen (secondary N) is 1. The van der Waals surface area contributed by atoms with Crippen molar-refractivity contribution in [1.29, 1.82) is 0 Å². The summed E-state index contributed by atoms with van der Waals surface area (Å²) in [4.78, 5) is 32.4. The van der Waals surface area contributed by atoms with Gasteiger partial charge in [0.15, 0.2) is 5.01 Å². The summed E-state index contributed by atoms with van der Waals surface area (Å²) in [5, 5.41) is 4.65. The van der Waals surface area contributed by atoms with Gasteiger partial charge >= 0.3 is 6.36 Å². The van der Waals surface area contributed by atoms with Crippen molar-refractivity contribution in [3.63, 3.8) is 0 Å². The van der Waals surface area contributed by atoms with Gasteiger partial charge in [0.05, 0.1) is 0 Å². The number of halogens is 3. The van der Waals surface area contributed by atoms with Crippen molar-refractivity contribution in [2.45, 2.75) is 38.7 Å². The molecule has 1 atom stereocenters. The van der Waals surface area contributed by atoms with Crippen molar-refractivity contribution in [3.8, 4) is 18.1 Å². The lowest BCUT2D eigenvalue weighted by molar-refractivity contribution is -0.274. The normalized spacial score (nSPS) is 14.5. The van der Waals surface area contributed by atoms with Crippen LogP contribution in [0.4, 0.5) is 18.9 Å². The highest BCUT2D eigenvalue weighted by atomic mass is 32.1. The van der Waals surface area contributed by atoms with E-state index < -0.39 is 41.4 Å². The summed E-state index contributed by atoms with van der Waals surface area (Å²) in [6.07, 6.45) is 7.56. The first kappa shape index (κ1) is 25.1. The number of allylic oxidation sites excluding steroid dienone is 2. The number of alkyl halides is 3. The van der Waals surface area contributed by atoms with E-state index in [1.54, 1.807) is 45.1 Å². The molecule has 0 radical (unpaired) electrons. The number of thiazole rings is 1. The zero-order valence-electron chi connectivity index (χ0n) is 18.6. The Morgan fingerprint density at radius 1 is 1.18 bits per heavy atom. The summed E-state index contributed by atoms with van der Waals surface area (Å²) in [5.74, 6) is 0.362. The van der Waals surface area contributed by atoms with E-state index in [4.69, 9.17) is 6.42 Å². The third kappa shape index (κ3) is 6.26. The van der Waals surface area contributed by atoms with E-state index in [9.17, 15) is 22.8 Å². The molecule has 3 rings (SSSR count). The van der Waals surface area contributed by atoms with Gasteiger partial charge in [0, 0.05) is 22.5 Å². The largest absolute Gasteiger partial charge is 0.573 e. The number of hydrogen-bond donors (Lipinski definition) is 1. The van der Waals surface area contributed by atoms with Crippen LogP contribution in [0.5, 0.6) is 5.75 Å². The SMILES string of the molecule is C#Cc1nc(C(=O)N(c2ccc(OC(F)(F)F)cc2)C(C(=O)NC(C)(C)C)C2C=CC=C2)cs1. The molecule has 1 heterocycles. The maximum Gasteiger partial charge on any atom is 0.573 e. The summed E-state index contributed by atoms with van der Waals surface area (Å²) in [6.45, 7) is 5.41. The number of terminal acetylenes is 1. The van der Waals surface area contributed by atoms with Gasteiger partial charge in [-0.1, -0.05) is 24.3 Å². The molecule has 0 saturated heterocycles. The molecule has 10 heteroatoms. The number of anilines is 1. The van der Waals surface area contributed by atoms with E-state index in [2.05, 4.69) is 21.0 Å². The second-order valence-corrected chi connectivity index (χ2v) is 9.29. The van der Waals surface area contributed by atoms with E-state index in [0.717, 1.165) is 23.5 Å². The average molecular weight is 490 g/mol. The number of nitrogens with zero attached hydrogens (tertiary/aromatic N) is 2. The van der Waals surface area contributed by atoms with E-state index in [1.165, 1.54) is 22.4 Å². The number of hydrogen-bond acceptors (Lipinski definition) is 5. The van der Waals surface area contributed by atoms with Crippen molar-refractivity contribution in [3.05, 3.63) is 64.7 Å². The van der Waals surface area contributed by atoms with E-state index in [-0.39, 0.29) is 16.4 Å². The van der Waals surface area contributed by atoms with Crippen molar-refractivity contribution in [1.82, 2.24) is 10.3 Å². The average Bonchev–Trinajstić information content (AvgIpc) is 3.41. The van der Waals surface area contributed by atoms with Crippen LogP contribution in [0, 0.1) is 18.3 Å².